The maximum atomic E-state index is 10.5. The summed E-state index contributed by atoms with van der Waals surface area (Å²) in [6, 6.07) is 0. The number of nitrogens with two attached hydrogens (primary N) is 1. The standard InChI is InChI=1S/C4H10N2O3/c1-4(2,9-5)3(7)6-8/h8H,5H2,1-2H3,(H,6,7). The van der Waals surface area contributed by atoms with Crippen LogP contribution in [0.4, 0.5) is 0 Å². The van der Waals surface area contributed by atoms with Crippen molar-refractivity contribution in [1.29, 1.82) is 0 Å². The quantitative estimate of drug-likeness (QED) is 0.339. The highest BCUT2D eigenvalue weighted by atomic mass is 16.6. The molecule has 0 saturated heterocycles. The lowest BCUT2D eigenvalue weighted by atomic mass is 10.1. The molecule has 0 heterocycles. The van der Waals surface area contributed by atoms with Gasteiger partial charge in [0.1, 0.15) is 0 Å². The summed E-state index contributed by atoms with van der Waals surface area (Å²) in [6.07, 6.45) is 0. The zero-order valence-corrected chi connectivity index (χ0v) is 5.34. The Kier molecular flexibility index (Phi) is 2.57. The Labute approximate surface area is 52.7 Å². The molecule has 54 valence electrons. The van der Waals surface area contributed by atoms with Gasteiger partial charge in [-0.2, -0.15) is 0 Å². The average Bonchev–Trinajstić information content (AvgIpc) is 1.86. The first-order valence-corrected chi connectivity index (χ1v) is 2.37. The van der Waals surface area contributed by atoms with E-state index in [1.807, 2.05) is 0 Å². The van der Waals surface area contributed by atoms with E-state index >= 15 is 0 Å². The Hall–Kier alpha value is -0.650. The zero-order valence-electron chi connectivity index (χ0n) is 5.34. The first-order chi connectivity index (χ1) is 4.04. The molecule has 0 unspecified atom stereocenters. The van der Waals surface area contributed by atoms with Crippen molar-refractivity contribution in [3.8, 4) is 0 Å². The number of nitrogens with one attached hydrogen (secondary N) is 1. The van der Waals surface area contributed by atoms with Crippen LogP contribution in [-0.2, 0) is 9.63 Å². The van der Waals surface area contributed by atoms with E-state index in [-0.39, 0.29) is 0 Å². The van der Waals surface area contributed by atoms with E-state index in [2.05, 4.69) is 4.84 Å². The molecular formula is C4H10N2O3. The minimum atomic E-state index is -1.17. The van der Waals surface area contributed by atoms with Gasteiger partial charge in [0.25, 0.3) is 5.91 Å². The summed E-state index contributed by atoms with van der Waals surface area (Å²) in [5.41, 5.74) is 0.240. The fraction of sp³-hybridized carbons (Fsp3) is 0.750. The van der Waals surface area contributed by atoms with Crippen LogP contribution in [0.3, 0.4) is 0 Å². The third-order valence-corrected chi connectivity index (χ3v) is 0.943. The van der Waals surface area contributed by atoms with Gasteiger partial charge in [-0.3, -0.25) is 14.8 Å². The van der Waals surface area contributed by atoms with Crippen LogP contribution >= 0.6 is 0 Å². The van der Waals surface area contributed by atoms with Gasteiger partial charge < -0.3 is 0 Å². The van der Waals surface area contributed by atoms with Crippen LogP contribution in [0.25, 0.3) is 0 Å². The molecule has 0 bridgehead atoms. The second-order valence-corrected chi connectivity index (χ2v) is 2.07. The highest BCUT2D eigenvalue weighted by Crippen LogP contribution is 2.03. The van der Waals surface area contributed by atoms with Crippen molar-refractivity contribution in [2.24, 2.45) is 5.90 Å². The maximum absolute atomic E-state index is 10.5. The summed E-state index contributed by atoms with van der Waals surface area (Å²) in [5, 5.41) is 8.07. The smallest absolute Gasteiger partial charge is 0.277 e. The van der Waals surface area contributed by atoms with Gasteiger partial charge in [-0.05, 0) is 13.8 Å². The third kappa shape index (κ3) is 1.96. The third-order valence-electron chi connectivity index (χ3n) is 0.943. The lowest BCUT2D eigenvalue weighted by molar-refractivity contribution is -0.152. The van der Waals surface area contributed by atoms with Crippen molar-refractivity contribution in [2.75, 3.05) is 0 Å². The van der Waals surface area contributed by atoms with Crippen LogP contribution in [-0.4, -0.2) is 16.7 Å². The molecule has 5 nitrogen and oxygen atoms in total. The normalized spacial score (nSPS) is 11.1. The molecule has 0 aliphatic carbocycles. The second-order valence-electron chi connectivity index (χ2n) is 2.07. The molecule has 0 aromatic heterocycles. The number of carbonyl (C=O) groups is 1. The molecule has 5 heteroatoms. The van der Waals surface area contributed by atoms with Crippen molar-refractivity contribution in [3.05, 3.63) is 0 Å². The van der Waals surface area contributed by atoms with Gasteiger partial charge in [0.2, 0.25) is 0 Å². The van der Waals surface area contributed by atoms with Crippen molar-refractivity contribution < 1.29 is 14.8 Å². The topological polar surface area (TPSA) is 84.6 Å². The van der Waals surface area contributed by atoms with Crippen LogP contribution < -0.4 is 11.4 Å². The molecule has 4 N–H and O–H groups in total. The Morgan fingerprint density at radius 2 is 2.22 bits per heavy atom. The summed E-state index contributed by atoms with van der Waals surface area (Å²) in [7, 11) is 0. The Balaban J connectivity index is 3.97. The summed E-state index contributed by atoms with van der Waals surface area (Å²) < 4.78 is 0. The molecule has 9 heavy (non-hydrogen) atoms. The Bertz CT molecular complexity index is 112. The van der Waals surface area contributed by atoms with Crippen LogP contribution in [0.5, 0.6) is 0 Å². The summed E-state index contributed by atoms with van der Waals surface area (Å²) in [4.78, 5) is 14.7. The van der Waals surface area contributed by atoms with Gasteiger partial charge in [0.05, 0.1) is 0 Å². The monoisotopic (exact) mass is 134 g/mol. The largest absolute Gasteiger partial charge is 0.289 e. The van der Waals surface area contributed by atoms with Gasteiger partial charge >= 0.3 is 0 Å². The average molecular weight is 134 g/mol. The van der Waals surface area contributed by atoms with Crippen LogP contribution in [0.1, 0.15) is 13.8 Å². The second kappa shape index (κ2) is 2.77. The van der Waals surface area contributed by atoms with Crippen molar-refractivity contribution in [3.63, 3.8) is 0 Å². The van der Waals surface area contributed by atoms with Crippen LogP contribution in [0.2, 0.25) is 0 Å². The summed E-state index contributed by atoms with van der Waals surface area (Å²) in [5.74, 6) is 4.03. The number of carbonyl (C=O) groups excluding carboxylic acids is 1. The van der Waals surface area contributed by atoms with E-state index in [0.29, 0.717) is 0 Å². The first kappa shape index (κ1) is 8.35. The van der Waals surface area contributed by atoms with Crippen LogP contribution in [0.15, 0.2) is 0 Å². The van der Waals surface area contributed by atoms with Crippen LogP contribution in [0, 0.1) is 0 Å². The summed E-state index contributed by atoms with van der Waals surface area (Å²) in [6.45, 7) is 2.86. The fourth-order valence-corrected chi connectivity index (χ4v) is 0.188. The van der Waals surface area contributed by atoms with E-state index in [1.165, 1.54) is 19.3 Å². The molecule has 1 amide bonds. The van der Waals surface area contributed by atoms with Crippen molar-refractivity contribution >= 4 is 5.91 Å². The van der Waals surface area contributed by atoms with Gasteiger partial charge in [-0.25, -0.2) is 11.4 Å². The number of rotatable bonds is 2. The van der Waals surface area contributed by atoms with E-state index in [4.69, 9.17) is 11.1 Å². The predicted octanol–water partition coefficient (Wildman–Crippen LogP) is -0.839. The zero-order chi connectivity index (χ0) is 7.49. The number of hydrogen-bond acceptors (Lipinski definition) is 4. The molecule has 0 aromatic rings. The molecule has 0 radical (unpaired) electrons. The van der Waals surface area contributed by atoms with E-state index < -0.39 is 11.5 Å². The molecule has 0 saturated carbocycles. The lowest BCUT2D eigenvalue weighted by Crippen LogP contribution is -2.44. The van der Waals surface area contributed by atoms with Crippen molar-refractivity contribution in [1.82, 2.24) is 5.48 Å². The molecule has 0 rings (SSSR count). The van der Waals surface area contributed by atoms with E-state index in [9.17, 15) is 4.79 Å². The highest BCUT2D eigenvalue weighted by Gasteiger charge is 2.27. The lowest BCUT2D eigenvalue weighted by Gasteiger charge is -2.17. The Morgan fingerprint density at radius 3 is 2.33 bits per heavy atom. The molecule has 0 fully saturated rings. The summed E-state index contributed by atoms with van der Waals surface area (Å²) >= 11 is 0. The molecule has 0 spiro atoms. The minimum absolute atomic E-state index is 0.676. The molecular weight excluding hydrogens is 124 g/mol. The van der Waals surface area contributed by atoms with Gasteiger partial charge in [0, 0.05) is 0 Å². The number of hydrogen-bond donors (Lipinski definition) is 3. The van der Waals surface area contributed by atoms with Gasteiger partial charge in [0.15, 0.2) is 5.60 Å². The highest BCUT2D eigenvalue weighted by molar-refractivity contribution is 5.83. The minimum Gasteiger partial charge on any atom is -0.289 e. The SMILES string of the molecule is CC(C)(ON)C(=O)NO. The molecule has 0 aliphatic heterocycles. The van der Waals surface area contributed by atoms with E-state index in [0.717, 1.165) is 0 Å². The molecule has 0 atom stereocenters. The fourth-order valence-electron chi connectivity index (χ4n) is 0.188. The Morgan fingerprint density at radius 1 is 1.78 bits per heavy atom. The van der Waals surface area contributed by atoms with Crippen molar-refractivity contribution in [2.45, 2.75) is 19.4 Å². The van der Waals surface area contributed by atoms with E-state index in [1.54, 1.807) is 0 Å². The van der Waals surface area contributed by atoms with Gasteiger partial charge in [-0.15, -0.1) is 0 Å². The predicted molar refractivity (Wildman–Crippen MR) is 29.3 cm³/mol. The first-order valence-electron chi connectivity index (χ1n) is 2.37. The maximum Gasteiger partial charge on any atom is 0.277 e. The number of amides is 1. The van der Waals surface area contributed by atoms with Gasteiger partial charge in [-0.1, -0.05) is 0 Å². The molecule has 0 aliphatic rings. The number of hydroxylamine groups is 1. The molecule has 0 aromatic carbocycles.